The molecule has 1 atom stereocenters. The van der Waals surface area contributed by atoms with Crippen molar-refractivity contribution < 1.29 is 5.11 Å². The number of hydrogen-bond donors (Lipinski definition) is 2. The molecule has 0 saturated carbocycles. The zero-order valence-electron chi connectivity index (χ0n) is 13.3. The number of thioether (sulfide) groups is 1. The van der Waals surface area contributed by atoms with E-state index in [4.69, 9.17) is 5.73 Å². The summed E-state index contributed by atoms with van der Waals surface area (Å²) in [4.78, 5) is 1.30. The van der Waals surface area contributed by atoms with Crippen molar-refractivity contribution in [1.82, 2.24) is 0 Å². The van der Waals surface area contributed by atoms with Crippen LogP contribution < -0.4 is 5.73 Å². The number of nitrogens with two attached hydrogens (primary N) is 1. The van der Waals surface area contributed by atoms with E-state index in [1.807, 2.05) is 18.7 Å². The molecule has 3 N–H and O–H groups in total. The second kappa shape index (κ2) is 7.48. The number of benzene rings is 1. The van der Waals surface area contributed by atoms with Gasteiger partial charge >= 0.3 is 0 Å². The molecule has 0 aromatic heterocycles. The normalized spacial score (nSPS) is 15.1. The minimum atomic E-state index is -0.670. The molecule has 1 aromatic rings. The summed E-state index contributed by atoms with van der Waals surface area (Å²) >= 11 is 1.85. The van der Waals surface area contributed by atoms with E-state index < -0.39 is 5.60 Å². The van der Waals surface area contributed by atoms with Crippen molar-refractivity contribution in [2.75, 3.05) is 12.3 Å². The maximum absolute atomic E-state index is 10.1. The monoisotopic (exact) mass is 295 g/mol. The lowest BCUT2D eigenvalue weighted by molar-refractivity contribution is 0.0360. The third-order valence-electron chi connectivity index (χ3n) is 3.81. The van der Waals surface area contributed by atoms with Gasteiger partial charge in [-0.15, -0.1) is 11.8 Å². The van der Waals surface area contributed by atoms with Crippen LogP contribution in [0.4, 0.5) is 0 Å². The number of hydrogen-bond acceptors (Lipinski definition) is 3. The second-order valence-corrected chi connectivity index (χ2v) is 7.68. The van der Waals surface area contributed by atoms with Crippen molar-refractivity contribution in [2.24, 2.45) is 5.73 Å². The lowest BCUT2D eigenvalue weighted by Crippen LogP contribution is -2.36. The fraction of sp³-hybridized carbons (Fsp3) is 0.647. The molecule has 1 unspecified atom stereocenters. The van der Waals surface area contributed by atoms with Crippen molar-refractivity contribution >= 4 is 11.8 Å². The Labute approximate surface area is 128 Å². The fourth-order valence-corrected chi connectivity index (χ4v) is 2.92. The Bertz CT molecular complexity index is 390. The Morgan fingerprint density at radius 2 is 1.75 bits per heavy atom. The molecule has 0 saturated heterocycles. The molecule has 2 nitrogen and oxygen atoms in total. The van der Waals surface area contributed by atoms with E-state index >= 15 is 0 Å². The van der Waals surface area contributed by atoms with Gasteiger partial charge in [-0.05, 0) is 48.1 Å². The predicted octanol–water partition coefficient (Wildman–Crippen LogP) is 3.96. The van der Waals surface area contributed by atoms with E-state index in [0.29, 0.717) is 6.54 Å². The van der Waals surface area contributed by atoms with Crippen molar-refractivity contribution in [3.8, 4) is 0 Å². The SMILES string of the molecule is CCC(O)(CN)CCCSc1ccc(C(C)(C)C)cc1. The van der Waals surface area contributed by atoms with Gasteiger partial charge in [0.1, 0.15) is 0 Å². The van der Waals surface area contributed by atoms with Crippen molar-refractivity contribution in [3.05, 3.63) is 29.8 Å². The highest BCUT2D eigenvalue weighted by Crippen LogP contribution is 2.27. The summed E-state index contributed by atoms with van der Waals surface area (Å²) in [5.74, 6) is 1.02. The summed E-state index contributed by atoms with van der Waals surface area (Å²) in [6.07, 6.45) is 2.51. The highest BCUT2D eigenvalue weighted by molar-refractivity contribution is 7.99. The van der Waals surface area contributed by atoms with Gasteiger partial charge in [-0.25, -0.2) is 0 Å². The standard InChI is InChI=1S/C17H29NOS/c1-5-17(19,13-18)11-6-12-20-15-9-7-14(8-10-15)16(2,3)4/h7-10,19H,5-6,11-13,18H2,1-4H3. The van der Waals surface area contributed by atoms with Crippen LogP contribution in [0.1, 0.15) is 52.5 Å². The summed E-state index contributed by atoms with van der Waals surface area (Å²) in [6, 6.07) is 8.82. The minimum absolute atomic E-state index is 0.210. The van der Waals surface area contributed by atoms with Crippen LogP contribution in [0.3, 0.4) is 0 Å². The quantitative estimate of drug-likeness (QED) is 0.591. The number of rotatable bonds is 7. The van der Waals surface area contributed by atoms with Crippen molar-refractivity contribution in [3.63, 3.8) is 0 Å². The fourth-order valence-electron chi connectivity index (χ4n) is 2.07. The molecule has 0 aliphatic rings. The Morgan fingerprint density at radius 1 is 1.15 bits per heavy atom. The van der Waals surface area contributed by atoms with Gasteiger partial charge in [0.25, 0.3) is 0 Å². The van der Waals surface area contributed by atoms with Crippen LogP contribution in [-0.2, 0) is 5.41 Å². The second-order valence-electron chi connectivity index (χ2n) is 6.51. The van der Waals surface area contributed by atoms with E-state index in [1.54, 1.807) is 0 Å². The largest absolute Gasteiger partial charge is 0.389 e. The van der Waals surface area contributed by atoms with Crippen LogP contribution in [0.5, 0.6) is 0 Å². The zero-order chi connectivity index (χ0) is 15.2. The maximum atomic E-state index is 10.1. The first-order chi connectivity index (χ1) is 9.30. The van der Waals surface area contributed by atoms with E-state index in [1.165, 1.54) is 10.5 Å². The van der Waals surface area contributed by atoms with Gasteiger partial charge in [0.05, 0.1) is 5.60 Å². The van der Waals surface area contributed by atoms with Gasteiger partial charge in [0.15, 0.2) is 0 Å². The van der Waals surface area contributed by atoms with E-state index in [0.717, 1.165) is 25.0 Å². The first-order valence-corrected chi connectivity index (χ1v) is 8.45. The Morgan fingerprint density at radius 3 is 2.20 bits per heavy atom. The van der Waals surface area contributed by atoms with Crippen LogP contribution >= 0.6 is 11.8 Å². The molecule has 0 aliphatic carbocycles. The highest BCUT2D eigenvalue weighted by Gasteiger charge is 2.21. The molecule has 0 fully saturated rings. The zero-order valence-corrected chi connectivity index (χ0v) is 14.1. The predicted molar refractivity (Wildman–Crippen MR) is 89.4 cm³/mol. The third-order valence-corrected chi connectivity index (χ3v) is 4.91. The Hall–Kier alpha value is -0.510. The average Bonchev–Trinajstić information content (AvgIpc) is 2.43. The summed E-state index contributed by atoms with van der Waals surface area (Å²) in [5.41, 5.74) is 6.52. The minimum Gasteiger partial charge on any atom is -0.389 e. The van der Waals surface area contributed by atoms with Crippen LogP contribution in [-0.4, -0.2) is 23.0 Å². The third kappa shape index (κ3) is 5.47. The Balaban J connectivity index is 2.40. The van der Waals surface area contributed by atoms with Gasteiger partial charge < -0.3 is 10.8 Å². The van der Waals surface area contributed by atoms with Crippen LogP contribution in [0.2, 0.25) is 0 Å². The first kappa shape index (κ1) is 17.5. The smallest absolute Gasteiger partial charge is 0.0767 e. The lowest BCUT2D eigenvalue weighted by atomic mass is 9.87. The summed E-state index contributed by atoms with van der Waals surface area (Å²) in [5, 5.41) is 10.1. The van der Waals surface area contributed by atoms with Gasteiger partial charge in [-0.1, -0.05) is 39.8 Å². The van der Waals surface area contributed by atoms with Gasteiger partial charge in [-0.3, -0.25) is 0 Å². The molecule has 114 valence electrons. The first-order valence-electron chi connectivity index (χ1n) is 7.46. The molecular weight excluding hydrogens is 266 g/mol. The molecule has 0 heterocycles. The van der Waals surface area contributed by atoms with Crippen molar-refractivity contribution in [2.45, 2.75) is 62.9 Å². The lowest BCUT2D eigenvalue weighted by Gasteiger charge is -2.24. The molecule has 0 bridgehead atoms. The van der Waals surface area contributed by atoms with Gasteiger partial charge in [-0.2, -0.15) is 0 Å². The molecule has 1 rings (SSSR count). The molecule has 0 aliphatic heterocycles. The van der Waals surface area contributed by atoms with Gasteiger partial charge in [0, 0.05) is 11.4 Å². The van der Waals surface area contributed by atoms with Crippen LogP contribution in [0.15, 0.2) is 29.2 Å². The molecule has 20 heavy (non-hydrogen) atoms. The van der Waals surface area contributed by atoms with Crippen LogP contribution in [0.25, 0.3) is 0 Å². The Kier molecular flexibility index (Phi) is 6.56. The van der Waals surface area contributed by atoms with Crippen molar-refractivity contribution in [1.29, 1.82) is 0 Å². The van der Waals surface area contributed by atoms with E-state index in [9.17, 15) is 5.11 Å². The molecule has 3 heteroatoms. The summed E-state index contributed by atoms with van der Waals surface area (Å²) in [7, 11) is 0. The van der Waals surface area contributed by atoms with E-state index in [2.05, 4.69) is 45.0 Å². The highest BCUT2D eigenvalue weighted by atomic mass is 32.2. The molecular formula is C17H29NOS. The van der Waals surface area contributed by atoms with Crippen LogP contribution in [0, 0.1) is 0 Å². The molecule has 1 aromatic carbocycles. The summed E-state index contributed by atoms with van der Waals surface area (Å²) in [6.45, 7) is 9.04. The van der Waals surface area contributed by atoms with E-state index in [-0.39, 0.29) is 5.41 Å². The average molecular weight is 295 g/mol. The van der Waals surface area contributed by atoms with Gasteiger partial charge in [0.2, 0.25) is 0 Å². The maximum Gasteiger partial charge on any atom is 0.0767 e. The molecule has 0 radical (unpaired) electrons. The number of aliphatic hydroxyl groups is 1. The topological polar surface area (TPSA) is 46.2 Å². The molecule has 0 spiro atoms. The molecule has 0 amide bonds. The summed E-state index contributed by atoms with van der Waals surface area (Å²) < 4.78 is 0.